The molecular weight excluding hydrogens is 475 g/mol. The van der Waals surface area contributed by atoms with Gasteiger partial charge in [-0.2, -0.15) is 0 Å². The molecule has 1 saturated carbocycles. The van der Waals surface area contributed by atoms with Gasteiger partial charge in [0.25, 0.3) is 0 Å². The second kappa shape index (κ2) is 9.43. The fourth-order valence-corrected chi connectivity index (χ4v) is 4.42. The Bertz CT molecular complexity index is 1330. The van der Waals surface area contributed by atoms with E-state index >= 15 is 0 Å². The van der Waals surface area contributed by atoms with E-state index in [2.05, 4.69) is 0 Å². The molecule has 0 saturated heterocycles. The predicted octanol–water partition coefficient (Wildman–Crippen LogP) is 4.87. The van der Waals surface area contributed by atoms with Crippen LogP contribution in [0.5, 0.6) is 17.2 Å². The number of carbonyl (C=O) groups excluding carboxylic acids is 1. The lowest BCUT2D eigenvalue weighted by atomic mass is 9.88. The summed E-state index contributed by atoms with van der Waals surface area (Å²) in [7, 11) is 1.56. The summed E-state index contributed by atoms with van der Waals surface area (Å²) < 4.78 is 30.7. The van der Waals surface area contributed by atoms with Gasteiger partial charge in [-0.1, -0.05) is 0 Å². The third-order valence-electron chi connectivity index (χ3n) is 6.92. The van der Waals surface area contributed by atoms with Crippen LogP contribution in [-0.4, -0.2) is 35.7 Å². The highest BCUT2D eigenvalue weighted by Crippen LogP contribution is 2.44. The number of fused-ring (bicyclic) bond motifs is 1. The Morgan fingerprint density at radius 2 is 1.95 bits per heavy atom. The summed E-state index contributed by atoms with van der Waals surface area (Å²) in [6, 6.07) is 12.8. The van der Waals surface area contributed by atoms with Crippen LogP contribution in [0.3, 0.4) is 0 Å². The van der Waals surface area contributed by atoms with Crippen molar-refractivity contribution in [3.05, 3.63) is 71.2 Å². The first-order valence-corrected chi connectivity index (χ1v) is 12.4. The number of ketones is 1. The van der Waals surface area contributed by atoms with Gasteiger partial charge in [0, 0.05) is 23.1 Å². The lowest BCUT2D eigenvalue weighted by Gasteiger charge is -2.25. The summed E-state index contributed by atoms with van der Waals surface area (Å²) in [5, 5.41) is 11.5. The van der Waals surface area contributed by atoms with Crippen molar-refractivity contribution in [2.75, 3.05) is 13.7 Å². The standard InChI is InChI=1S/C29H31FN2O5/c1-28(31)16-36-27-21(28)15-25(32-26(27)17-4-7-19(30)8-5-17)29(2,34)13-12-22(33)18-6-11-23(35-3)24(14-18)37-20-9-10-20/h4-8,11,14-15,20,34H,9-10,12-13,16,31H2,1-3H3. The van der Waals surface area contributed by atoms with Gasteiger partial charge < -0.3 is 25.1 Å². The number of Topliss-reactive ketones (excluding diaryl/α,β-unsaturated/α-hetero) is 1. The first kappa shape index (κ1) is 25.2. The molecule has 3 aromatic rings. The number of nitrogens with two attached hydrogens (primary N) is 1. The normalized spacial score (nSPS) is 20.1. The molecule has 194 valence electrons. The van der Waals surface area contributed by atoms with Crippen LogP contribution >= 0.6 is 0 Å². The van der Waals surface area contributed by atoms with Gasteiger partial charge in [-0.15, -0.1) is 0 Å². The summed E-state index contributed by atoms with van der Waals surface area (Å²) in [6.07, 6.45) is 2.37. The van der Waals surface area contributed by atoms with Crippen molar-refractivity contribution in [3.8, 4) is 28.5 Å². The van der Waals surface area contributed by atoms with Crippen molar-refractivity contribution in [1.82, 2.24) is 4.98 Å². The van der Waals surface area contributed by atoms with Gasteiger partial charge in [0.1, 0.15) is 23.7 Å². The minimum absolute atomic E-state index is 0.0865. The number of hydrogen-bond donors (Lipinski definition) is 2. The van der Waals surface area contributed by atoms with Crippen molar-refractivity contribution in [2.45, 2.75) is 56.8 Å². The van der Waals surface area contributed by atoms with Crippen molar-refractivity contribution in [2.24, 2.45) is 5.73 Å². The molecule has 0 radical (unpaired) electrons. The van der Waals surface area contributed by atoms with Crippen molar-refractivity contribution >= 4 is 5.78 Å². The van der Waals surface area contributed by atoms with Gasteiger partial charge in [0.2, 0.25) is 0 Å². The molecule has 0 spiro atoms. The predicted molar refractivity (Wildman–Crippen MR) is 136 cm³/mol. The number of benzene rings is 2. The number of aliphatic hydroxyl groups is 1. The largest absolute Gasteiger partial charge is 0.493 e. The molecule has 3 N–H and O–H groups in total. The van der Waals surface area contributed by atoms with E-state index in [0.717, 1.165) is 12.8 Å². The third-order valence-corrected chi connectivity index (χ3v) is 6.92. The van der Waals surface area contributed by atoms with Gasteiger partial charge >= 0.3 is 0 Å². The molecule has 1 aromatic heterocycles. The molecule has 8 heteroatoms. The quantitative estimate of drug-likeness (QED) is 0.399. The third kappa shape index (κ3) is 5.17. The Hall–Kier alpha value is -3.49. The van der Waals surface area contributed by atoms with Gasteiger partial charge in [-0.3, -0.25) is 4.79 Å². The van der Waals surface area contributed by atoms with E-state index in [1.165, 1.54) is 12.1 Å². The van der Waals surface area contributed by atoms with E-state index in [1.54, 1.807) is 50.4 Å². The molecule has 2 aliphatic rings. The molecule has 0 amide bonds. The Kier molecular flexibility index (Phi) is 6.41. The Morgan fingerprint density at radius 3 is 2.62 bits per heavy atom. The van der Waals surface area contributed by atoms with E-state index < -0.39 is 11.1 Å². The van der Waals surface area contributed by atoms with Crippen LogP contribution in [-0.2, 0) is 11.1 Å². The number of nitrogens with zero attached hydrogens (tertiary/aromatic N) is 1. The summed E-state index contributed by atoms with van der Waals surface area (Å²) in [4.78, 5) is 17.8. The maximum absolute atomic E-state index is 13.6. The highest BCUT2D eigenvalue weighted by Gasteiger charge is 2.38. The van der Waals surface area contributed by atoms with Crippen molar-refractivity contribution < 1.29 is 28.5 Å². The smallest absolute Gasteiger partial charge is 0.163 e. The zero-order valence-electron chi connectivity index (χ0n) is 21.2. The summed E-state index contributed by atoms with van der Waals surface area (Å²) >= 11 is 0. The highest BCUT2D eigenvalue weighted by molar-refractivity contribution is 5.96. The monoisotopic (exact) mass is 506 g/mol. The highest BCUT2D eigenvalue weighted by atomic mass is 19.1. The first-order valence-electron chi connectivity index (χ1n) is 12.4. The lowest BCUT2D eigenvalue weighted by molar-refractivity contribution is 0.0396. The van der Waals surface area contributed by atoms with Gasteiger partial charge in [-0.05, 0) is 81.6 Å². The first-order chi connectivity index (χ1) is 17.6. The van der Waals surface area contributed by atoms with Crippen LogP contribution in [0.15, 0.2) is 48.5 Å². The molecule has 5 rings (SSSR count). The molecule has 2 aromatic carbocycles. The molecular formula is C29H31FN2O5. The Morgan fingerprint density at radius 1 is 1.22 bits per heavy atom. The lowest BCUT2D eigenvalue weighted by Crippen LogP contribution is -2.35. The van der Waals surface area contributed by atoms with Gasteiger partial charge in [0.05, 0.1) is 24.4 Å². The molecule has 1 fully saturated rings. The average Bonchev–Trinajstić information content (AvgIpc) is 3.64. The van der Waals surface area contributed by atoms with E-state index in [9.17, 15) is 14.3 Å². The summed E-state index contributed by atoms with van der Waals surface area (Å²) in [5.41, 5.74) is 6.95. The van der Waals surface area contributed by atoms with Crippen LogP contribution in [0.4, 0.5) is 4.39 Å². The molecule has 0 bridgehead atoms. The van der Waals surface area contributed by atoms with Gasteiger partial charge in [-0.25, -0.2) is 9.37 Å². The van der Waals surface area contributed by atoms with Crippen LogP contribution in [0.1, 0.15) is 61.1 Å². The fraction of sp³-hybridized carbons (Fsp3) is 0.379. The van der Waals surface area contributed by atoms with E-state index in [4.69, 9.17) is 24.9 Å². The number of halogens is 1. The number of rotatable bonds is 9. The second-order valence-corrected chi connectivity index (χ2v) is 10.3. The summed E-state index contributed by atoms with van der Waals surface area (Å²) in [5.74, 6) is 1.16. The Balaban J connectivity index is 1.41. The maximum Gasteiger partial charge on any atom is 0.163 e. The second-order valence-electron chi connectivity index (χ2n) is 10.3. The molecule has 2 unspecified atom stereocenters. The van der Waals surface area contributed by atoms with Gasteiger partial charge in [0.15, 0.2) is 23.0 Å². The minimum Gasteiger partial charge on any atom is -0.493 e. The van der Waals surface area contributed by atoms with E-state index in [1.807, 2.05) is 6.92 Å². The Labute approximate surface area is 215 Å². The number of pyridine rings is 1. The minimum atomic E-state index is -1.43. The number of aromatic nitrogens is 1. The fourth-order valence-electron chi connectivity index (χ4n) is 4.42. The van der Waals surface area contributed by atoms with Crippen LogP contribution in [0.25, 0.3) is 11.3 Å². The molecule has 7 nitrogen and oxygen atoms in total. The molecule has 2 heterocycles. The zero-order chi connectivity index (χ0) is 26.4. The zero-order valence-corrected chi connectivity index (χ0v) is 21.2. The number of hydrogen-bond acceptors (Lipinski definition) is 7. The van der Waals surface area contributed by atoms with E-state index in [-0.39, 0.29) is 37.2 Å². The molecule has 2 atom stereocenters. The number of methoxy groups -OCH3 is 1. The molecule has 37 heavy (non-hydrogen) atoms. The van der Waals surface area contributed by atoms with E-state index in [0.29, 0.717) is 45.3 Å². The molecule has 1 aliphatic carbocycles. The number of ether oxygens (including phenoxy) is 3. The SMILES string of the molecule is COc1ccc(C(=O)CCC(C)(O)c2cc3c(c(-c4ccc(F)cc4)n2)OCC3(C)N)cc1OC1CC1. The number of carbonyl (C=O) groups is 1. The van der Waals surface area contributed by atoms with Crippen LogP contribution in [0, 0.1) is 5.82 Å². The maximum atomic E-state index is 13.6. The van der Waals surface area contributed by atoms with Crippen LogP contribution in [0.2, 0.25) is 0 Å². The average molecular weight is 507 g/mol. The van der Waals surface area contributed by atoms with Crippen molar-refractivity contribution in [3.63, 3.8) is 0 Å². The van der Waals surface area contributed by atoms with Crippen molar-refractivity contribution in [1.29, 1.82) is 0 Å². The van der Waals surface area contributed by atoms with Crippen LogP contribution < -0.4 is 19.9 Å². The molecule has 1 aliphatic heterocycles. The topological polar surface area (TPSA) is 104 Å². The summed E-state index contributed by atoms with van der Waals surface area (Å²) in [6.45, 7) is 3.73.